The van der Waals surface area contributed by atoms with Crippen LogP contribution in [0.5, 0.6) is 0 Å². The minimum atomic E-state index is -2.73. The van der Waals surface area contributed by atoms with Gasteiger partial charge in [0.2, 0.25) is 0 Å². The molecule has 362 valence electrons. The third kappa shape index (κ3) is 21.2. The van der Waals surface area contributed by atoms with Gasteiger partial charge in [0.15, 0.2) is 21.9 Å². The molecule has 1 aromatic rings. The summed E-state index contributed by atoms with van der Waals surface area (Å²) < 4.78 is 63.5. The van der Waals surface area contributed by atoms with E-state index in [1.54, 1.807) is 12.1 Å². The van der Waals surface area contributed by atoms with Crippen molar-refractivity contribution in [2.75, 3.05) is 0 Å². The van der Waals surface area contributed by atoms with Gasteiger partial charge in [0.05, 0.1) is 0 Å². The molecule has 0 N–H and O–H groups in total. The quantitative estimate of drug-likeness (QED) is 0.117. The molecule has 19 heteroatoms. The summed E-state index contributed by atoms with van der Waals surface area (Å²) >= 11 is -2.46. The predicted octanol–water partition coefficient (Wildman–Crippen LogP) is 14.9. The van der Waals surface area contributed by atoms with Crippen LogP contribution in [-0.2, 0) is 13.7 Å². The van der Waals surface area contributed by atoms with Gasteiger partial charge in [-0.2, -0.15) is 0 Å². The topological polar surface area (TPSA) is 181 Å². The second-order valence-corrected chi connectivity index (χ2v) is 45.7. The zero-order chi connectivity index (χ0) is 48.7. The van der Waals surface area contributed by atoms with Crippen LogP contribution in [0.4, 0.5) is 0 Å². The van der Waals surface area contributed by atoms with Gasteiger partial charge in [0.1, 0.15) is 0 Å². The summed E-state index contributed by atoms with van der Waals surface area (Å²) in [5.74, 6) is 0. The molecule has 0 radical (unpaired) electrons. The van der Waals surface area contributed by atoms with E-state index < -0.39 is 62.8 Å². The van der Waals surface area contributed by atoms with E-state index >= 15 is 0 Å². The second kappa shape index (κ2) is 30.4. The Balaban J connectivity index is -0.000000360. The SMILES string of the molecule is CC(C)P(=O)(N=P([O-])(C(C)C)C(C)C)C(C)C.CC(C)P(=O)(N=P([O-])(C(C)C)C(C)C)C(C)C.CC(C)P(=O)(N=P([O-])(C(C)C)C(C)C)C(C)C.[Ce+4].[O-]I(Cl)c1ccccc1. The fraction of sp³-hybridized carbons (Fsp3) is 0.857. The van der Waals surface area contributed by atoms with Crippen LogP contribution < -0.4 is 18.1 Å². The number of nitrogens with zero attached hydrogens (tertiary/aromatic N) is 3. The van der Waals surface area contributed by atoms with Crippen LogP contribution in [0.1, 0.15) is 166 Å². The van der Waals surface area contributed by atoms with Gasteiger partial charge in [0.25, 0.3) is 0 Å². The number of hydrogen-bond acceptors (Lipinski definition) is 7. The van der Waals surface area contributed by atoms with Crippen LogP contribution in [0, 0.1) is 45.3 Å². The first-order valence-electron chi connectivity index (χ1n) is 21.6. The molecule has 0 unspecified atom stereocenters. The summed E-state index contributed by atoms with van der Waals surface area (Å²) in [4.78, 5) is 38.7. The van der Waals surface area contributed by atoms with Crippen molar-refractivity contribution in [1.82, 2.24) is 0 Å². The van der Waals surface area contributed by atoms with Crippen LogP contribution in [0.3, 0.4) is 0 Å². The Morgan fingerprint density at radius 2 is 0.557 bits per heavy atom. The third-order valence-electron chi connectivity index (χ3n) is 10.6. The molecule has 0 aliphatic carbocycles. The molecular weight excluding hydrogens is 1150 g/mol. The Hall–Kier alpha value is 2.84. The Labute approximate surface area is 422 Å². The summed E-state index contributed by atoms with van der Waals surface area (Å²) in [5.41, 5.74) is -0.408. The van der Waals surface area contributed by atoms with E-state index in [1.165, 1.54) is 0 Å². The van der Waals surface area contributed by atoms with Gasteiger partial charge in [-0.3, -0.25) is 27.2 Å². The molecule has 0 aliphatic rings. The van der Waals surface area contributed by atoms with Crippen molar-refractivity contribution in [1.29, 1.82) is 0 Å². The Kier molecular flexibility index (Phi) is 35.1. The average molecular weight is 1240 g/mol. The molecule has 0 amide bonds. The molecule has 1 aromatic carbocycles. The number of halogens is 2. The molecule has 0 saturated heterocycles. The third-order valence-corrected chi connectivity index (χ3v) is 37.9. The molecule has 0 spiro atoms. The van der Waals surface area contributed by atoms with E-state index in [4.69, 9.17) is 8.91 Å². The summed E-state index contributed by atoms with van der Waals surface area (Å²) in [7, 11) is -11.0. The number of benzene rings is 1. The monoisotopic (exact) mass is 1240 g/mol. The van der Waals surface area contributed by atoms with Crippen molar-refractivity contribution in [3.63, 3.8) is 0 Å². The molecule has 0 fully saturated rings. The van der Waals surface area contributed by atoms with E-state index in [2.05, 4.69) is 13.5 Å². The molecule has 0 atom stereocenters. The first-order chi connectivity index (χ1) is 26.7. The molecular formula is C42H89CeClIN3O7P6. The van der Waals surface area contributed by atoms with Crippen molar-refractivity contribution in [2.24, 2.45) is 13.5 Å². The van der Waals surface area contributed by atoms with Crippen molar-refractivity contribution in [2.45, 2.75) is 234 Å². The zero-order valence-electron chi connectivity index (χ0n) is 42.5. The van der Waals surface area contributed by atoms with E-state index in [1.807, 2.05) is 184 Å². The van der Waals surface area contributed by atoms with Crippen LogP contribution in [0.2, 0.25) is 0 Å². The van der Waals surface area contributed by atoms with Gasteiger partial charge in [-0.1, -0.05) is 188 Å². The molecule has 10 nitrogen and oxygen atoms in total. The van der Waals surface area contributed by atoms with Gasteiger partial charge in [-0.05, 0) is 34.0 Å². The summed E-state index contributed by atoms with van der Waals surface area (Å²) in [5, 5.41) is 0. The Morgan fingerprint density at radius 3 is 0.656 bits per heavy atom. The predicted molar refractivity (Wildman–Crippen MR) is 278 cm³/mol. The van der Waals surface area contributed by atoms with Crippen molar-refractivity contribution < 1.29 is 73.6 Å². The molecule has 1 rings (SSSR count). The van der Waals surface area contributed by atoms with Gasteiger partial charge in [-0.25, -0.2) is 0 Å². The fourth-order valence-electron chi connectivity index (χ4n) is 5.99. The van der Waals surface area contributed by atoms with E-state index in [0.717, 1.165) is 3.57 Å². The van der Waals surface area contributed by atoms with Gasteiger partial charge in [-0.15, -0.1) is 0 Å². The van der Waals surface area contributed by atoms with E-state index in [0.29, 0.717) is 0 Å². The second-order valence-electron chi connectivity index (χ2n) is 18.9. The van der Waals surface area contributed by atoms with Crippen molar-refractivity contribution in [3.8, 4) is 0 Å². The molecule has 0 aromatic heterocycles. The summed E-state index contributed by atoms with van der Waals surface area (Å²) in [6, 6.07) is 9.11. The van der Waals surface area contributed by atoms with Crippen LogP contribution in [0.25, 0.3) is 0 Å². The van der Waals surface area contributed by atoms with Gasteiger partial charge < -0.3 is 14.7 Å². The summed E-state index contributed by atoms with van der Waals surface area (Å²) in [6.45, 7) is 45.9. The van der Waals surface area contributed by atoms with Crippen LogP contribution >= 0.6 is 71.7 Å². The average Bonchev–Trinajstić information content (AvgIpc) is 3.11. The Morgan fingerprint density at radius 1 is 0.393 bits per heavy atom. The standard InChI is InChI=1S/3C12H28NO2P2.C6H5ClIO.Ce/c3*1-9(2)16(14,10(3)4)13-17(15,11(5)6)12(7)8;7-8(9)6-4-2-1-3-5-6;/h3*9-12H,1-8H3;1-5H;/q4*-1;+4. The van der Waals surface area contributed by atoms with Crippen LogP contribution in [0.15, 0.2) is 43.9 Å². The first-order valence-corrected chi connectivity index (χ1v) is 37.1. The number of rotatable bonds is 16. The maximum atomic E-state index is 12.9. The van der Waals surface area contributed by atoms with Crippen LogP contribution in [-0.4, -0.2) is 67.9 Å². The zero-order valence-corrected chi connectivity index (χ0v) is 53.9. The molecule has 0 bridgehead atoms. The van der Waals surface area contributed by atoms with Crippen molar-refractivity contribution in [3.05, 3.63) is 33.9 Å². The first kappa shape index (κ1) is 70.4. The fourth-order valence-corrected chi connectivity index (χ4v) is 29.9. The normalized spacial score (nSPS) is 13.5. The number of hydrogen-bond donors (Lipinski definition) is 0. The maximum absolute atomic E-state index is 12.9. The molecule has 0 heterocycles. The molecule has 61 heavy (non-hydrogen) atoms. The Bertz CT molecular complexity index is 1490. The minimum absolute atomic E-state index is 0. The van der Waals surface area contributed by atoms with Crippen molar-refractivity contribution >= 4 is 71.7 Å². The van der Waals surface area contributed by atoms with Gasteiger partial charge in [0, 0.05) is 34.0 Å². The summed E-state index contributed by atoms with van der Waals surface area (Å²) in [6.07, 6.45) is 0. The van der Waals surface area contributed by atoms with E-state index in [-0.39, 0.29) is 110 Å². The van der Waals surface area contributed by atoms with Gasteiger partial charge >= 0.3 is 107 Å². The molecule has 0 saturated carbocycles. The molecule has 0 aliphatic heterocycles. The van der Waals surface area contributed by atoms with E-state index in [9.17, 15) is 31.8 Å².